The average Bonchev–Trinajstić information content (AvgIpc) is 2.45. The van der Waals surface area contributed by atoms with Gasteiger partial charge in [0.2, 0.25) is 0 Å². The minimum Gasteiger partial charge on any atom is -0.383 e. The molecule has 0 spiro atoms. The van der Waals surface area contributed by atoms with Crippen molar-refractivity contribution in [2.45, 2.75) is 37.9 Å². The molecule has 1 heterocycles. The highest BCUT2D eigenvalue weighted by Crippen LogP contribution is 2.38. The predicted octanol–water partition coefficient (Wildman–Crippen LogP) is 0.385. The molecule has 0 bridgehead atoms. The fraction of sp³-hybridized carbons (Fsp3) is 1.00. The Balaban J connectivity index is 2.55. The molecule has 4 atom stereocenters. The van der Waals surface area contributed by atoms with Gasteiger partial charge < -0.3 is 14.2 Å². The van der Waals surface area contributed by atoms with Gasteiger partial charge in [0.15, 0.2) is 0 Å². The maximum Gasteiger partial charge on any atom is 0.403 e. The van der Waals surface area contributed by atoms with Crippen molar-refractivity contribution in [3.8, 4) is 0 Å². The van der Waals surface area contributed by atoms with Gasteiger partial charge in [0.05, 0.1) is 6.10 Å². The molecule has 1 aliphatic rings. The predicted molar refractivity (Wildman–Crippen MR) is 53.1 cm³/mol. The van der Waals surface area contributed by atoms with Crippen molar-refractivity contribution in [3.63, 3.8) is 0 Å². The number of hydrogen-bond acceptors (Lipinski definition) is 3. The number of nitrogens with one attached hydrogen (secondary N) is 1. The molecule has 1 rings (SSSR count). The van der Waals surface area contributed by atoms with Gasteiger partial charge in [-0.15, -0.1) is 0 Å². The van der Waals surface area contributed by atoms with Crippen LogP contribution in [0.25, 0.3) is 0 Å². The van der Waals surface area contributed by atoms with Crippen LogP contribution in [-0.2, 0) is 13.8 Å². The summed E-state index contributed by atoms with van der Waals surface area (Å²) in [6.45, 7) is 1.94. The van der Waals surface area contributed by atoms with Crippen LogP contribution in [0.15, 0.2) is 0 Å². The Morgan fingerprint density at radius 3 is 2.93 bits per heavy atom. The van der Waals surface area contributed by atoms with Crippen molar-refractivity contribution >= 4 is 15.6 Å². The lowest BCUT2D eigenvalue weighted by atomic mass is 9.95. The average molecular weight is 219 g/mol. The Morgan fingerprint density at radius 1 is 1.79 bits per heavy atom. The van der Waals surface area contributed by atoms with Crippen LogP contribution in [0.3, 0.4) is 0 Å². The zero-order valence-corrected chi connectivity index (χ0v) is 9.24. The van der Waals surface area contributed by atoms with E-state index >= 15 is 0 Å². The maximum absolute atomic E-state index is 11.2. The molecule has 1 unspecified atom stereocenters. The van der Waals surface area contributed by atoms with E-state index in [0.717, 1.165) is 6.42 Å². The van der Waals surface area contributed by atoms with Crippen LogP contribution in [0.2, 0.25) is 0 Å². The van der Waals surface area contributed by atoms with Crippen LogP contribution in [0.1, 0.15) is 19.8 Å². The van der Waals surface area contributed by atoms with Crippen LogP contribution in [0.5, 0.6) is 0 Å². The number of ether oxygens (including phenoxy) is 1. The van der Waals surface area contributed by atoms with Crippen LogP contribution < -0.4 is 5.09 Å². The third-order valence-electron chi connectivity index (χ3n) is 2.26. The first-order valence-electron chi connectivity index (χ1n) is 4.56. The van der Waals surface area contributed by atoms with Crippen LogP contribution in [0.4, 0.5) is 0 Å². The van der Waals surface area contributed by atoms with Gasteiger partial charge in [-0.2, -0.15) is 0 Å². The molecule has 1 fully saturated rings. The molecule has 1 saturated heterocycles. The van der Waals surface area contributed by atoms with E-state index in [-0.39, 0.29) is 18.1 Å². The Bertz CT molecular complexity index is 240. The van der Waals surface area contributed by atoms with E-state index in [1.807, 2.05) is 6.92 Å². The smallest absolute Gasteiger partial charge is 0.383 e. The van der Waals surface area contributed by atoms with Gasteiger partial charge in [0, 0.05) is 19.2 Å². The molecule has 2 radical (unpaired) electrons. The largest absolute Gasteiger partial charge is 0.403 e. The van der Waals surface area contributed by atoms with Gasteiger partial charge in [-0.25, -0.2) is 9.65 Å². The topological polar surface area (TPSA) is 67.8 Å². The number of rotatable bonds is 4. The molecule has 1 aliphatic heterocycles. The second kappa shape index (κ2) is 4.77. The highest BCUT2D eigenvalue weighted by molar-refractivity contribution is 7.50. The molecular formula is C7H15BNO4P. The molecule has 0 saturated carbocycles. The van der Waals surface area contributed by atoms with Crippen molar-refractivity contribution in [1.29, 1.82) is 0 Å². The molecule has 80 valence electrons. The molecule has 14 heavy (non-hydrogen) atoms. The normalized spacial score (nSPS) is 36.9. The second-order valence-electron chi connectivity index (χ2n) is 3.30. The summed E-state index contributed by atoms with van der Waals surface area (Å²) >= 11 is 0. The van der Waals surface area contributed by atoms with Crippen molar-refractivity contribution in [1.82, 2.24) is 5.09 Å². The molecule has 7 heteroatoms. The quantitative estimate of drug-likeness (QED) is 0.528. The SMILES string of the molecule is [B][C@H]1C[C@@H](NP(=O)(O)OC)[C@@H](CC)O1. The molecule has 0 amide bonds. The molecule has 5 nitrogen and oxygen atoms in total. The zero-order valence-electron chi connectivity index (χ0n) is 8.34. The third-order valence-corrected chi connectivity index (χ3v) is 3.42. The standard InChI is InChI=1S/C7H15BNO4P/c1-3-6-5(4-7(8)13-6)9-14(10,11)12-2/h5-7H,3-4H2,1-2H3,(H2,9,10,11)/t5-,6-,7-/m1/s1. The van der Waals surface area contributed by atoms with E-state index in [1.165, 1.54) is 7.11 Å². The van der Waals surface area contributed by atoms with Crippen LogP contribution in [-0.4, -0.2) is 38.0 Å². The molecule has 0 aliphatic carbocycles. The third kappa shape index (κ3) is 3.07. The summed E-state index contributed by atoms with van der Waals surface area (Å²) in [4.78, 5) is 9.21. The van der Waals surface area contributed by atoms with Gasteiger partial charge in [0.1, 0.15) is 7.85 Å². The van der Waals surface area contributed by atoms with E-state index in [9.17, 15) is 9.46 Å². The Labute approximate surface area is 85.2 Å². The number of hydrogen-bond donors (Lipinski definition) is 2. The Kier molecular flexibility index (Phi) is 4.16. The lowest BCUT2D eigenvalue weighted by molar-refractivity contribution is 0.0771. The van der Waals surface area contributed by atoms with E-state index < -0.39 is 7.75 Å². The highest BCUT2D eigenvalue weighted by Gasteiger charge is 2.35. The Morgan fingerprint density at radius 2 is 2.43 bits per heavy atom. The lowest BCUT2D eigenvalue weighted by Crippen LogP contribution is -2.34. The molecule has 2 N–H and O–H groups in total. The summed E-state index contributed by atoms with van der Waals surface area (Å²) in [5, 5.41) is 2.52. The lowest BCUT2D eigenvalue weighted by Gasteiger charge is -2.20. The summed E-state index contributed by atoms with van der Waals surface area (Å²) in [5.74, 6) is 0. The van der Waals surface area contributed by atoms with E-state index in [4.69, 9.17) is 12.6 Å². The van der Waals surface area contributed by atoms with Crippen molar-refractivity contribution in [3.05, 3.63) is 0 Å². The van der Waals surface area contributed by atoms with Crippen LogP contribution in [0, 0.1) is 0 Å². The van der Waals surface area contributed by atoms with E-state index in [1.54, 1.807) is 0 Å². The first-order chi connectivity index (χ1) is 6.48. The van der Waals surface area contributed by atoms with Gasteiger partial charge in [0.25, 0.3) is 0 Å². The zero-order chi connectivity index (χ0) is 10.8. The van der Waals surface area contributed by atoms with Gasteiger partial charge in [-0.3, -0.25) is 0 Å². The summed E-state index contributed by atoms with van der Waals surface area (Å²) in [6, 6.07) is -0.583. The van der Waals surface area contributed by atoms with E-state index in [0.29, 0.717) is 6.42 Å². The summed E-state index contributed by atoms with van der Waals surface area (Å²) in [6.07, 6.45) is 1.14. The summed E-state index contributed by atoms with van der Waals surface area (Å²) in [7, 11) is 3.08. The fourth-order valence-corrected chi connectivity index (χ4v) is 2.35. The Hall–Kier alpha value is 0.135. The highest BCUT2D eigenvalue weighted by atomic mass is 31.2. The monoisotopic (exact) mass is 219 g/mol. The summed E-state index contributed by atoms with van der Waals surface area (Å²) < 4.78 is 21.0. The minimum atomic E-state index is -3.69. The first-order valence-corrected chi connectivity index (χ1v) is 6.13. The second-order valence-corrected chi connectivity index (χ2v) is 4.96. The van der Waals surface area contributed by atoms with Gasteiger partial charge in [-0.1, -0.05) is 6.92 Å². The molecule has 0 aromatic carbocycles. The fourth-order valence-electron chi connectivity index (χ4n) is 1.56. The minimum absolute atomic E-state index is 0.124. The van der Waals surface area contributed by atoms with Gasteiger partial charge in [-0.05, 0) is 12.8 Å². The molecule has 0 aromatic heterocycles. The van der Waals surface area contributed by atoms with Crippen LogP contribution >= 0.6 is 7.75 Å². The maximum atomic E-state index is 11.2. The summed E-state index contributed by atoms with van der Waals surface area (Å²) in [5.41, 5.74) is 0. The van der Waals surface area contributed by atoms with Crippen molar-refractivity contribution < 1.29 is 18.7 Å². The van der Waals surface area contributed by atoms with Crippen molar-refractivity contribution in [2.75, 3.05) is 7.11 Å². The first kappa shape index (κ1) is 12.2. The molecular weight excluding hydrogens is 204 g/mol. The van der Waals surface area contributed by atoms with E-state index in [2.05, 4.69) is 9.61 Å². The molecule has 0 aromatic rings. The van der Waals surface area contributed by atoms with Crippen molar-refractivity contribution in [2.24, 2.45) is 0 Å². The van der Waals surface area contributed by atoms with Gasteiger partial charge >= 0.3 is 7.75 Å².